The number of sulfonamides is 1. The van der Waals surface area contributed by atoms with Crippen molar-refractivity contribution < 1.29 is 23.1 Å². The van der Waals surface area contributed by atoms with Gasteiger partial charge in [-0.15, -0.1) is 0 Å². The molecule has 1 atom stereocenters. The largest absolute Gasteiger partial charge is 0.481 e. The van der Waals surface area contributed by atoms with Crippen molar-refractivity contribution in [3.63, 3.8) is 0 Å². The lowest BCUT2D eigenvalue weighted by Gasteiger charge is -2.30. The highest BCUT2D eigenvalue weighted by Gasteiger charge is 2.31. The van der Waals surface area contributed by atoms with Gasteiger partial charge in [0.15, 0.2) is 0 Å². The molecule has 0 aliphatic carbocycles. The summed E-state index contributed by atoms with van der Waals surface area (Å²) in [5.74, 6) is -2.13. The Morgan fingerprint density at radius 1 is 1.22 bits per heavy atom. The van der Waals surface area contributed by atoms with Gasteiger partial charge in [-0.05, 0) is 24.8 Å². The number of amides is 1. The molecule has 2 rings (SSSR count). The molecule has 150 valence electrons. The van der Waals surface area contributed by atoms with E-state index in [9.17, 15) is 23.1 Å². The first-order valence-corrected chi connectivity index (χ1v) is 11.0. The molecule has 7 nitrogen and oxygen atoms in total. The van der Waals surface area contributed by atoms with Gasteiger partial charge in [-0.25, -0.2) is 12.7 Å². The topological polar surface area (TPSA) is 104 Å². The van der Waals surface area contributed by atoms with E-state index >= 15 is 0 Å². The minimum absolute atomic E-state index is 0.0210. The number of carbonyl (C=O) groups is 2. The number of unbranched alkanes of at least 4 members (excludes halogenated alkanes) is 1. The Morgan fingerprint density at radius 2 is 1.85 bits per heavy atom. The lowest BCUT2D eigenvalue weighted by atomic mass is 9.95. The van der Waals surface area contributed by atoms with Crippen molar-refractivity contribution in [2.45, 2.75) is 38.5 Å². The number of nitrogens with one attached hydrogen (secondary N) is 1. The molecule has 1 heterocycles. The first-order chi connectivity index (χ1) is 12.8. The molecule has 1 fully saturated rings. The summed E-state index contributed by atoms with van der Waals surface area (Å²) < 4.78 is 25.9. The van der Waals surface area contributed by atoms with Crippen LogP contribution in [0.3, 0.4) is 0 Å². The Kier molecular flexibility index (Phi) is 7.79. The zero-order valence-corrected chi connectivity index (χ0v) is 16.5. The van der Waals surface area contributed by atoms with E-state index in [1.54, 1.807) is 24.3 Å². The average molecular weight is 397 g/mol. The van der Waals surface area contributed by atoms with Gasteiger partial charge in [-0.2, -0.15) is 0 Å². The Labute approximate surface area is 160 Å². The summed E-state index contributed by atoms with van der Waals surface area (Å²) in [6.45, 7) is 2.65. The Bertz CT molecular complexity index is 728. The summed E-state index contributed by atoms with van der Waals surface area (Å²) in [6, 6.07) is 8.79. The number of hydrogen-bond donors (Lipinski definition) is 2. The minimum atomic E-state index is -3.24. The first-order valence-electron chi connectivity index (χ1n) is 9.38. The number of carbonyl (C=O) groups excluding carboxylic acids is 1. The fraction of sp³-hybridized carbons (Fsp3) is 0.579. The average Bonchev–Trinajstić information content (AvgIpc) is 2.67. The number of nitrogens with zero attached hydrogens (tertiary/aromatic N) is 1. The van der Waals surface area contributed by atoms with Gasteiger partial charge in [0, 0.05) is 25.6 Å². The maximum absolute atomic E-state index is 12.4. The van der Waals surface area contributed by atoms with Crippen LogP contribution < -0.4 is 5.32 Å². The second-order valence-corrected chi connectivity index (χ2v) is 8.98. The number of rotatable bonds is 9. The zero-order valence-electron chi connectivity index (χ0n) is 15.6. The van der Waals surface area contributed by atoms with Crippen molar-refractivity contribution in [3.05, 3.63) is 35.9 Å². The molecule has 0 bridgehead atoms. The van der Waals surface area contributed by atoms with Crippen LogP contribution in [-0.2, 0) is 19.6 Å². The number of hydrogen-bond acceptors (Lipinski definition) is 4. The fourth-order valence-electron chi connectivity index (χ4n) is 3.23. The molecule has 1 unspecified atom stereocenters. The third kappa shape index (κ3) is 6.04. The summed E-state index contributed by atoms with van der Waals surface area (Å²) in [5.41, 5.74) is 0.641. The van der Waals surface area contributed by atoms with Crippen LogP contribution in [0, 0.1) is 5.92 Å². The molecule has 1 aromatic rings. The van der Waals surface area contributed by atoms with Crippen LogP contribution in [-0.4, -0.2) is 55.1 Å². The van der Waals surface area contributed by atoms with Crippen molar-refractivity contribution in [2.75, 3.05) is 25.4 Å². The normalized spacial score (nSPS) is 17.4. The van der Waals surface area contributed by atoms with Crippen LogP contribution in [0.15, 0.2) is 30.3 Å². The molecule has 0 radical (unpaired) electrons. The SMILES string of the molecule is CCCCS(=O)(=O)N1CCC(C(=O)NCC(C(=O)O)c2ccccc2)CC1. The summed E-state index contributed by atoms with van der Waals surface area (Å²) >= 11 is 0. The lowest BCUT2D eigenvalue weighted by molar-refractivity contribution is -0.138. The number of carboxylic acid groups (broad SMARTS) is 1. The predicted molar refractivity (Wildman–Crippen MR) is 103 cm³/mol. The quantitative estimate of drug-likeness (QED) is 0.663. The van der Waals surface area contributed by atoms with E-state index in [0.29, 0.717) is 37.9 Å². The van der Waals surface area contributed by atoms with E-state index in [0.717, 1.165) is 6.42 Å². The summed E-state index contributed by atoms with van der Waals surface area (Å²) in [7, 11) is -3.24. The molecule has 27 heavy (non-hydrogen) atoms. The maximum Gasteiger partial charge on any atom is 0.312 e. The van der Waals surface area contributed by atoms with E-state index in [4.69, 9.17) is 0 Å². The smallest absolute Gasteiger partial charge is 0.312 e. The van der Waals surface area contributed by atoms with Crippen LogP contribution in [0.5, 0.6) is 0 Å². The van der Waals surface area contributed by atoms with Crippen LogP contribution in [0.4, 0.5) is 0 Å². The number of piperidine rings is 1. The Hall–Kier alpha value is -1.93. The summed E-state index contributed by atoms with van der Waals surface area (Å²) in [5, 5.41) is 12.2. The second kappa shape index (κ2) is 9.85. The van der Waals surface area contributed by atoms with Crippen LogP contribution >= 0.6 is 0 Å². The highest BCUT2D eigenvalue weighted by molar-refractivity contribution is 7.89. The van der Waals surface area contributed by atoms with E-state index in [1.807, 2.05) is 13.0 Å². The van der Waals surface area contributed by atoms with Gasteiger partial charge < -0.3 is 10.4 Å². The number of benzene rings is 1. The molecule has 0 saturated carbocycles. The molecule has 0 spiro atoms. The van der Waals surface area contributed by atoms with Gasteiger partial charge in [0.1, 0.15) is 0 Å². The van der Waals surface area contributed by atoms with Gasteiger partial charge in [0.05, 0.1) is 11.7 Å². The first kappa shape index (κ1) is 21.4. The van der Waals surface area contributed by atoms with Crippen molar-refractivity contribution in [2.24, 2.45) is 5.92 Å². The highest BCUT2D eigenvalue weighted by Crippen LogP contribution is 2.21. The van der Waals surface area contributed by atoms with Crippen molar-refractivity contribution in [1.29, 1.82) is 0 Å². The van der Waals surface area contributed by atoms with Crippen LogP contribution in [0.1, 0.15) is 44.1 Å². The maximum atomic E-state index is 12.4. The van der Waals surface area contributed by atoms with Gasteiger partial charge in [0.2, 0.25) is 15.9 Å². The van der Waals surface area contributed by atoms with Crippen molar-refractivity contribution >= 4 is 21.9 Å². The van der Waals surface area contributed by atoms with Crippen molar-refractivity contribution in [3.8, 4) is 0 Å². The van der Waals surface area contributed by atoms with E-state index in [-0.39, 0.29) is 24.1 Å². The second-order valence-electron chi connectivity index (χ2n) is 6.89. The molecule has 1 aliphatic heterocycles. The van der Waals surface area contributed by atoms with Gasteiger partial charge in [-0.1, -0.05) is 43.7 Å². The minimum Gasteiger partial charge on any atom is -0.481 e. The molecule has 0 aromatic heterocycles. The monoisotopic (exact) mass is 396 g/mol. The van der Waals surface area contributed by atoms with E-state index < -0.39 is 21.9 Å². The predicted octanol–water partition coefficient (Wildman–Crippen LogP) is 1.81. The van der Waals surface area contributed by atoms with Gasteiger partial charge >= 0.3 is 5.97 Å². The molecule has 1 saturated heterocycles. The van der Waals surface area contributed by atoms with E-state index in [1.165, 1.54) is 4.31 Å². The van der Waals surface area contributed by atoms with Gasteiger partial charge in [0.25, 0.3) is 0 Å². The van der Waals surface area contributed by atoms with Crippen LogP contribution in [0.2, 0.25) is 0 Å². The number of aliphatic carboxylic acids is 1. The Balaban J connectivity index is 1.86. The molecular formula is C19H28N2O5S. The van der Waals surface area contributed by atoms with Gasteiger partial charge in [-0.3, -0.25) is 9.59 Å². The zero-order chi connectivity index (χ0) is 19.9. The Morgan fingerprint density at radius 3 is 2.41 bits per heavy atom. The summed E-state index contributed by atoms with van der Waals surface area (Å²) in [6.07, 6.45) is 2.38. The molecule has 8 heteroatoms. The number of carboxylic acids is 1. The molecular weight excluding hydrogens is 368 g/mol. The summed E-state index contributed by atoms with van der Waals surface area (Å²) in [4.78, 5) is 23.9. The third-order valence-electron chi connectivity index (χ3n) is 4.95. The van der Waals surface area contributed by atoms with E-state index in [2.05, 4.69) is 5.32 Å². The highest BCUT2D eigenvalue weighted by atomic mass is 32.2. The molecule has 1 aliphatic rings. The third-order valence-corrected chi connectivity index (χ3v) is 6.91. The standard InChI is InChI=1S/C19H28N2O5S/c1-2-3-13-27(25,26)21-11-9-16(10-12-21)18(22)20-14-17(19(23)24)15-7-5-4-6-8-15/h4-8,16-17H,2-3,9-14H2,1H3,(H,20,22)(H,23,24). The fourth-order valence-corrected chi connectivity index (χ4v) is 4.91. The lowest BCUT2D eigenvalue weighted by Crippen LogP contribution is -2.44. The van der Waals surface area contributed by atoms with Crippen LogP contribution in [0.25, 0.3) is 0 Å². The molecule has 1 amide bonds. The van der Waals surface area contributed by atoms with Crippen molar-refractivity contribution in [1.82, 2.24) is 9.62 Å². The molecule has 2 N–H and O–H groups in total. The molecule has 1 aromatic carbocycles.